The lowest BCUT2D eigenvalue weighted by Gasteiger charge is -2.23. The summed E-state index contributed by atoms with van der Waals surface area (Å²) in [7, 11) is 0. The number of hydrogen-bond acceptors (Lipinski definition) is 3. The molecule has 0 spiro atoms. The van der Waals surface area contributed by atoms with E-state index in [4.69, 9.17) is 5.73 Å². The van der Waals surface area contributed by atoms with Gasteiger partial charge in [-0.25, -0.2) is 0 Å². The highest BCUT2D eigenvalue weighted by Gasteiger charge is 2.38. The van der Waals surface area contributed by atoms with Gasteiger partial charge >= 0.3 is 0 Å². The first-order valence-electron chi connectivity index (χ1n) is 6.42. The lowest BCUT2D eigenvalue weighted by molar-refractivity contribution is 0.0595. The normalized spacial score (nSPS) is 15.3. The molecule has 1 heterocycles. The molecule has 1 atom stereocenters. The molecule has 0 bridgehead atoms. The van der Waals surface area contributed by atoms with E-state index in [1.165, 1.54) is 4.90 Å². The number of imide groups is 1. The summed E-state index contributed by atoms with van der Waals surface area (Å²) in [6, 6.07) is 13.8. The zero-order valence-corrected chi connectivity index (χ0v) is 11.0. The Labute approximate surface area is 116 Å². The largest absolute Gasteiger partial charge is 0.399 e. The van der Waals surface area contributed by atoms with E-state index in [1.807, 2.05) is 19.1 Å². The molecule has 20 heavy (non-hydrogen) atoms. The van der Waals surface area contributed by atoms with Crippen molar-refractivity contribution in [2.24, 2.45) is 0 Å². The lowest BCUT2D eigenvalue weighted by atomic mass is 10.1. The number of carbonyl (C=O) groups excluding carboxylic acids is 2. The number of benzene rings is 2. The number of amides is 2. The van der Waals surface area contributed by atoms with Crippen molar-refractivity contribution >= 4 is 17.5 Å². The molecule has 1 aliphatic rings. The summed E-state index contributed by atoms with van der Waals surface area (Å²) in [4.78, 5) is 26.1. The van der Waals surface area contributed by atoms with Crippen LogP contribution in [0, 0.1) is 0 Å². The summed E-state index contributed by atoms with van der Waals surface area (Å²) in [5.74, 6) is -0.499. The molecule has 0 fully saturated rings. The zero-order valence-electron chi connectivity index (χ0n) is 11.0. The van der Waals surface area contributed by atoms with Crippen LogP contribution in [0.1, 0.15) is 39.2 Å². The van der Waals surface area contributed by atoms with Crippen LogP contribution in [0.15, 0.2) is 48.5 Å². The highest BCUT2D eigenvalue weighted by Crippen LogP contribution is 2.31. The summed E-state index contributed by atoms with van der Waals surface area (Å²) < 4.78 is 0. The molecule has 1 unspecified atom stereocenters. The molecule has 2 N–H and O–H groups in total. The molecule has 0 radical (unpaired) electrons. The minimum absolute atomic E-state index is 0.250. The molecule has 100 valence electrons. The molecule has 0 saturated carbocycles. The summed E-state index contributed by atoms with van der Waals surface area (Å²) in [6.45, 7) is 1.83. The number of nitrogen functional groups attached to an aromatic ring is 1. The van der Waals surface area contributed by atoms with E-state index in [-0.39, 0.29) is 17.9 Å². The number of rotatable bonds is 2. The fourth-order valence-corrected chi connectivity index (χ4v) is 2.53. The fraction of sp³-hybridized carbons (Fsp3) is 0.125. The van der Waals surface area contributed by atoms with Crippen molar-refractivity contribution in [1.82, 2.24) is 4.90 Å². The second kappa shape index (κ2) is 4.49. The molecule has 4 nitrogen and oxygen atoms in total. The van der Waals surface area contributed by atoms with Crippen LogP contribution in [0.4, 0.5) is 5.69 Å². The maximum atomic E-state index is 12.4. The van der Waals surface area contributed by atoms with Crippen molar-refractivity contribution in [3.8, 4) is 0 Å². The van der Waals surface area contributed by atoms with Gasteiger partial charge in [0.15, 0.2) is 0 Å². The van der Waals surface area contributed by atoms with Gasteiger partial charge in [0.2, 0.25) is 0 Å². The maximum absolute atomic E-state index is 12.4. The first kappa shape index (κ1) is 12.4. The Kier molecular flexibility index (Phi) is 2.79. The minimum atomic E-state index is -0.342. The number of hydrogen-bond donors (Lipinski definition) is 1. The van der Waals surface area contributed by atoms with Gasteiger partial charge in [-0.3, -0.25) is 14.5 Å². The zero-order chi connectivity index (χ0) is 14.3. The Morgan fingerprint density at radius 1 is 0.950 bits per heavy atom. The lowest BCUT2D eigenvalue weighted by Crippen LogP contribution is -2.32. The highest BCUT2D eigenvalue weighted by molar-refractivity contribution is 6.21. The van der Waals surface area contributed by atoms with Gasteiger partial charge in [-0.05, 0) is 36.8 Å². The minimum Gasteiger partial charge on any atom is -0.399 e. The predicted octanol–water partition coefficient (Wildman–Crippen LogP) is 2.63. The predicted molar refractivity (Wildman–Crippen MR) is 76.2 cm³/mol. The summed E-state index contributed by atoms with van der Waals surface area (Å²) in [5.41, 5.74) is 8.16. The Hall–Kier alpha value is -2.62. The fourth-order valence-electron chi connectivity index (χ4n) is 2.53. The van der Waals surface area contributed by atoms with Crippen molar-refractivity contribution in [1.29, 1.82) is 0 Å². The van der Waals surface area contributed by atoms with Gasteiger partial charge in [-0.1, -0.05) is 24.3 Å². The van der Waals surface area contributed by atoms with E-state index in [1.54, 1.807) is 36.4 Å². The van der Waals surface area contributed by atoms with Crippen LogP contribution >= 0.6 is 0 Å². The Balaban J connectivity index is 2.01. The SMILES string of the molecule is CC(c1cccc(N)c1)N1C(=O)c2ccccc2C1=O. The summed E-state index contributed by atoms with van der Waals surface area (Å²) >= 11 is 0. The van der Waals surface area contributed by atoms with Crippen LogP contribution in [0.25, 0.3) is 0 Å². The van der Waals surface area contributed by atoms with E-state index in [9.17, 15) is 9.59 Å². The van der Waals surface area contributed by atoms with Gasteiger partial charge in [0, 0.05) is 5.69 Å². The third-order valence-electron chi connectivity index (χ3n) is 3.61. The Morgan fingerprint density at radius 3 is 2.10 bits per heavy atom. The van der Waals surface area contributed by atoms with Crippen LogP contribution in [0.2, 0.25) is 0 Å². The molecule has 3 rings (SSSR count). The van der Waals surface area contributed by atoms with Gasteiger partial charge in [0.1, 0.15) is 0 Å². The van der Waals surface area contributed by atoms with E-state index in [2.05, 4.69) is 0 Å². The van der Waals surface area contributed by atoms with Gasteiger partial charge in [-0.15, -0.1) is 0 Å². The van der Waals surface area contributed by atoms with Crippen LogP contribution in [0.3, 0.4) is 0 Å². The van der Waals surface area contributed by atoms with Crippen molar-refractivity contribution in [2.75, 3.05) is 5.73 Å². The summed E-state index contributed by atoms with van der Waals surface area (Å²) in [5, 5.41) is 0. The van der Waals surface area contributed by atoms with Crippen molar-refractivity contribution in [3.05, 3.63) is 65.2 Å². The molecule has 2 amide bonds. The second-order valence-corrected chi connectivity index (χ2v) is 4.87. The average molecular weight is 266 g/mol. The van der Waals surface area contributed by atoms with Gasteiger partial charge in [-0.2, -0.15) is 0 Å². The third kappa shape index (κ3) is 1.77. The standard InChI is InChI=1S/C16H14N2O2/c1-10(11-5-4-6-12(17)9-11)18-15(19)13-7-2-3-8-14(13)16(18)20/h2-10H,17H2,1H3. The Bertz CT molecular complexity index is 674. The molecular weight excluding hydrogens is 252 g/mol. The van der Waals surface area contributed by atoms with Crippen molar-refractivity contribution in [2.45, 2.75) is 13.0 Å². The van der Waals surface area contributed by atoms with Gasteiger partial charge < -0.3 is 5.73 Å². The monoisotopic (exact) mass is 266 g/mol. The molecule has 1 aliphatic heterocycles. The average Bonchev–Trinajstić information content (AvgIpc) is 2.71. The number of nitrogens with two attached hydrogens (primary N) is 1. The molecule has 2 aromatic rings. The van der Waals surface area contributed by atoms with Crippen molar-refractivity contribution in [3.63, 3.8) is 0 Å². The molecule has 0 aromatic heterocycles. The summed E-state index contributed by atoms with van der Waals surface area (Å²) in [6.07, 6.45) is 0. The molecule has 2 aromatic carbocycles. The molecule has 0 aliphatic carbocycles. The van der Waals surface area contributed by atoms with Crippen LogP contribution in [0.5, 0.6) is 0 Å². The second-order valence-electron chi connectivity index (χ2n) is 4.87. The quantitative estimate of drug-likeness (QED) is 0.671. The highest BCUT2D eigenvalue weighted by atomic mass is 16.2. The Morgan fingerprint density at radius 2 is 1.55 bits per heavy atom. The van der Waals surface area contributed by atoms with Crippen LogP contribution in [-0.4, -0.2) is 16.7 Å². The van der Waals surface area contributed by atoms with Gasteiger partial charge in [0.25, 0.3) is 11.8 Å². The molecule has 4 heteroatoms. The van der Waals surface area contributed by atoms with E-state index in [0.717, 1.165) is 5.56 Å². The van der Waals surface area contributed by atoms with Crippen LogP contribution < -0.4 is 5.73 Å². The van der Waals surface area contributed by atoms with Gasteiger partial charge in [0.05, 0.1) is 17.2 Å². The van der Waals surface area contributed by atoms with Crippen molar-refractivity contribution < 1.29 is 9.59 Å². The first-order valence-corrected chi connectivity index (χ1v) is 6.42. The van der Waals surface area contributed by atoms with E-state index in [0.29, 0.717) is 16.8 Å². The van der Waals surface area contributed by atoms with E-state index >= 15 is 0 Å². The third-order valence-corrected chi connectivity index (χ3v) is 3.61. The van der Waals surface area contributed by atoms with Crippen LogP contribution in [-0.2, 0) is 0 Å². The number of nitrogens with zero attached hydrogens (tertiary/aromatic N) is 1. The topological polar surface area (TPSA) is 63.4 Å². The smallest absolute Gasteiger partial charge is 0.262 e. The maximum Gasteiger partial charge on any atom is 0.262 e. The first-order chi connectivity index (χ1) is 9.59. The molecular formula is C16H14N2O2. The number of carbonyl (C=O) groups is 2. The number of anilines is 1. The number of fused-ring (bicyclic) bond motifs is 1. The molecule has 0 saturated heterocycles. The van der Waals surface area contributed by atoms with E-state index < -0.39 is 0 Å².